The van der Waals surface area contributed by atoms with Crippen molar-refractivity contribution in [3.63, 3.8) is 0 Å². The topological polar surface area (TPSA) is 67.8 Å². The van der Waals surface area contributed by atoms with E-state index < -0.39 is 7.82 Å². The van der Waals surface area contributed by atoms with Gasteiger partial charge in [-0.1, -0.05) is 56.3 Å². The SMILES string of the molecule is CCC(=C(CC)c1ccc(OP(=O)([O-])Oc2ccccc2)cc1)c1ccc(OC)cc1.[Na+]. The Morgan fingerprint density at radius 3 is 1.53 bits per heavy atom. The Hall–Kier alpha value is -2.01. The van der Waals surface area contributed by atoms with Crippen LogP contribution >= 0.6 is 7.82 Å². The van der Waals surface area contributed by atoms with E-state index >= 15 is 0 Å². The number of methoxy groups -OCH3 is 1. The van der Waals surface area contributed by atoms with Crippen LogP contribution in [0.25, 0.3) is 11.1 Å². The quantitative estimate of drug-likeness (QED) is 0.278. The molecular weight excluding hydrogens is 434 g/mol. The van der Waals surface area contributed by atoms with E-state index in [0.29, 0.717) is 0 Å². The van der Waals surface area contributed by atoms with E-state index in [2.05, 4.69) is 26.0 Å². The first-order valence-electron chi connectivity index (χ1n) is 10.2. The Morgan fingerprint density at radius 2 is 1.12 bits per heavy atom. The van der Waals surface area contributed by atoms with Crippen LogP contribution < -0.4 is 48.2 Å². The van der Waals surface area contributed by atoms with Crippen molar-refractivity contribution in [1.82, 2.24) is 0 Å². The van der Waals surface area contributed by atoms with Gasteiger partial charge in [-0.3, -0.25) is 0 Å². The minimum atomic E-state index is -4.54. The van der Waals surface area contributed by atoms with Gasteiger partial charge in [0.15, 0.2) is 0 Å². The molecule has 0 bridgehead atoms. The molecule has 0 aromatic heterocycles. The van der Waals surface area contributed by atoms with Crippen LogP contribution in [0.2, 0.25) is 0 Å². The average Bonchev–Trinajstić information content (AvgIpc) is 2.78. The smallest absolute Gasteiger partial charge is 0.736 e. The molecule has 5 nitrogen and oxygen atoms in total. The Kier molecular flexibility index (Phi) is 10.1. The minimum Gasteiger partial charge on any atom is -0.736 e. The van der Waals surface area contributed by atoms with Crippen molar-refractivity contribution in [1.29, 1.82) is 0 Å². The van der Waals surface area contributed by atoms with Gasteiger partial charge in [-0.2, -0.15) is 0 Å². The maximum absolute atomic E-state index is 12.2. The zero-order valence-electron chi connectivity index (χ0n) is 18.9. The molecule has 162 valence electrons. The Balaban J connectivity index is 0.00000363. The van der Waals surface area contributed by atoms with Gasteiger partial charge in [0.25, 0.3) is 0 Å². The molecule has 0 fully saturated rings. The summed E-state index contributed by atoms with van der Waals surface area (Å²) in [4.78, 5) is 12.2. The maximum atomic E-state index is 12.2. The molecule has 0 aliphatic rings. The predicted octanol–water partition coefficient (Wildman–Crippen LogP) is 3.36. The Labute approximate surface area is 212 Å². The molecule has 0 aliphatic carbocycles. The van der Waals surface area contributed by atoms with Crippen LogP contribution in [0.5, 0.6) is 17.2 Å². The van der Waals surface area contributed by atoms with Crippen molar-refractivity contribution in [2.75, 3.05) is 7.11 Å². The summed E-state index contributed by atoms with van der Waals surface area (Å²) in [6.45, 7) is 4.24. The Morgan fingerprint density at radius 1 is 0.719 bits per heavy atom. The van der Waals surface area contributed by atoms with Crippen LogP contribution in [0.15, 0.2) is 78.9 Å². The number of phosphoric ester groups is 1. The van der Waals surface area contributed by atoms with Gasteiger partial charge in [-0.05, 0) is 71.5 Å². The molecule has 1 atom stereocenters. The van der Waals surface area contributed by atoms with Crippen molar-refractivity contribution < 1.29 is 52.8 Å². The molecule has 1 unspecified atom stereocenters. The number of ether oxygens (including phenoxy) is 1. The van der Waals surface area contributed by atoms with Crippen LogP contribution in [-0.2, 0) is 4.57 Å². The van der Waals surface area contributed by atoms with Gasteiger partial charge in [0.1, 0.15) is 17.2 Å². The third-order valence-electron chi connectivity index (χ3n) is 4.89. The van der Waals surface area contributed by atoms with E-state index in [0.717, 1.165) is 29.7 Å². The van der Waals surface area contributed by atoms with Crippen molar-refractivity contribution in [3.05, 3.63) is 90.0 Å². The number of phosphoric acid groups is 1. The second kappa shape index (κ2) is 12.3. The number of hydrogen-bond donors (Lipinski definition) is 0. The van der Waals surface area contributed by atoms with E-state index in [1.54, 1.807) is 49.6 Å². The van der Waals surface area contributed by atoms with Gasteiger partial charge in [0.05, 0.1) is 7.11 Å². The van der Waals surface area contributed by atoms with Gasteiger partial charge in [0, 0.05) is 0 Å². The van der Waals surface area contributed by atoms with E-state index in [1.165, 1.54) is 11.1 Å². The molecule has 0 heterocycles. The first-order valence-corrected chi connectivity index (χ1v) is 11.6. The second-order valence-corrected chi connectivity index (χ2v) is 8.12. The molecule has 0 amide bonds. The van der Waals surface area contributed by atoms with Crippen molar-refractivity contribution >= 4 is 19.0 Å². The van der Waals surface area contributed by atoms with E-state index in [-0.39, 0.29) is 41.1 Å². The molecular formula is C25H26NaO5P. The van der Waals surface area contributed by atoms with Crippen LogP contribution in [0.1, 0.15) is 37.8 Å². The largest absolute Gasteiger partial charge is 1.00 e. The molecule has 0 saturated heterocycles. The van der Waals surface area contributed by atoms with Crippen LogP contribution in [0.4, 0.5) is 0 Å². The zero-order chi connectivity index (χ0) is 22.3. The fourth-order valence-corrected chi connectivity index (χ4v) is 4.25. The molecule has 0 aliphatic heterocycles. The third kappa shape index (κ3) is 6.99. The van der Waals surface area contributed by atoms with E-state index in [1.807, 2.05) is 24.3 Å². The van der Waals surface area contributed by atoms with E-state index in [9.17, 15) is 9.46 Å². The number of para-hydroxylation sites is 1. The molecule has 3 aromatic rings. The van der Waals surface area contributed by atoms with Crippen LogP contribution in [0, 0.1) is 0 Å². The summed E-state index contributed by atoms with van der Waals surface area (Å²) in [6, 6.07) is 23.3. The fraction of sp³-hybridized carbons (Fsp3) is 0.200. The summed E-state index contributed by atoms with van der Waals surface area (Å²) in [5.74, 6) is 1.23. The first kappa shape index (κ1) is 26.2. The number of rotatable bonds is 9. The fourth-order valence-electron chi connectivity index (χ4n) is 3.45. The summed E-state index contributed by atoms with van der Waals surface area (Å²) >= 11 is 0. The molecule has 32 heavy (non-hydrogen) atoms. The predicted molar refractivity (Wildman–Crippen MR) is 122 cm³/mol. The molecule has 0 spiro atoms. The molecule has 0 N–H and O–H groups in total. The Bertz CT molecular complexity index is 1060. The normalized spacial score (nSPS) is 13.2. The van der Waals surface area contributed by atoms with Gasteiger partial charge in [-0.25, -0.2) is 4.57 Å². The number of hydrogen-bond acceptors (Lipinski definition) is 5. The van der Waals surface area contributed by atoms with Gasteiger partial charge < -0.3 is 18.7 Å². The van der Waals surface area contributed by atoms with Gasteiger partial charge >= 0.3 is 37.4 Å². The summed E-state index contributed by atoms with van der Waals surface area (Å²) in [7, 11) is -2.89. The summed E-state index contributed by atoms with van der Waals surface area (Å²) in [5, 5.41) is 0. The average molecular weight is 460 g/mol. The zero-order valence-corrected chi connectivity index (χ0v) is 21.8. The standard InChI is InChI=1S/C25H27O5P.Na/c1-4-24(19-11-15-21(28-3)16-12-19)25(5-2)20-13-17-23(18-14-20)30-31(26,27)29-22-9-7-6-8-10-22;/h6-18H,4-5H2,1-3H3,(H,26,27);/q;+1/p-1. The van der Waals surface area contributed by atoms with Crippen molar-refractivity contribution in [2.24, 2.45) is 0 Å². The number of benzene rings is 3. The molecule has 3 aromatic carbocycles. The summed E-state index contributed by atoms with van der Waals surface area (Å²) < 4.78 is 27.6. The van der Waals surface area contributed by atoms with Gasteiger partial charge in [-0.15, -0.1) is 0 Å². The van der Waals surface area contributed by atoms with Gasteiger partial charge in [0.2, 0.25) is 0 Å². The van der Waals surface area contributed by atoms with Crippen LogP contribution in [0.3, 0.4) is 0 Å². The maximum Gasteiger partial charge on any atom is 1.00 e. The second-order valence-electron chi connectivity index (χ2n) is 6.86. The van der Waals surface area contributed by atoms with Crippen molar-refractivity contribution in [2.45, 2.75) is 26.7 Å². The minimum absolute atomic E-state index is 0. The monoisotopic (exact) mass is 460 g/mol. The molecule has 3 rings (SSSR count). The summed E-state index contributed by atoms with van der Waals surface area (Å²) in [6.07, 6.45) is 1.71. The van der Waals surface area contributed by atoms with E-state index in [4.69, 9.17) is 13.8 Å². The molecule has 0 saturated carbocycles. The van der Waals surface area contributed by atoms with Crippen molar-refractivity contribution in [3.8, 4) is 17.2 Å². The first-order chi connectivity index (χ1) is 15.0. The molecule has 7 heteroatoms. The third-order valence-corrected chi connectivity index (χ3v) is 5.76. The molecule has 0 radical (unpaired) electrons. The number of allylic oxidation sites excluding steroid dienone is 2. The van der Waals surface area contributed by atoms with Crippen LogP contribution in [-0.4, -0.2) is 7.11 Å². The summed E-state index contributed by atoms with van der Waals surface area (Å²) in [5.41, 5.74) is 4.60.